The van der Waals surface area contributed by atoms with Gasteiger partial charge in [0.2, 0.25) is 0 Å². The van der Waals surface area contributed by atoms with E-state index in [0.717, 1.165) is 98.5 Å². The van der Waals surface area contributed by atoms with Crippen LogP contribution in [0.5, 0.6) is 0 Å². The smallest absolute Gasteiger partial charge is 0.274 e. The van der Waals surface area contributed by atoms with Crippen molar-refractivity contribution < 1.29 is 4.79 Å². The predicted octanol–water partition coefficient (Wildman–Crippen LogP) is 6.05. The molecule has 46 heavy (non-hydrogen) atoms. The molecule has 0 bridgehead atoms. The fourth-order valence-corrected chi connectivity index (χ4v) is 7.61. The minimum Gasteiger partial charge on any atom is -0.351 e. The molecule has 1 N–H and O–H groups in total. The molecule has 1 amide bonds. The fourth-order valence-electron chi connectivity index (χ4n) is 7.48. The summed E-state index contributed by atoms with van der Waals surface area (Å²) in [7, 11) is 0. The van der Waals surface area contributed by atoms with Crippen LogP contribution in [0.2, 0.25) is 5.02 Å². The summed E-state index contributed by atoms with van der Waals surface area (Å²) in [6.45, 7) is 5.45. The van der Waals surface area contributed by atoms with Crippen LogP contribution in [-0.4, -0.2) is 70.8 Å². The molecule has 1 atom stereocenters. The fraction of sp³-hybridized carbons (Fsp3) is 0.447. The molecule has 0 spiro atoms. The Morgan fingerprint density at radius 2 is 1.59 bits per heavy atom. The van der Waals surface area contributed by atoms with Crippen molar-refractivity contribution in [2.75, 3.05) is 39.3 Å². The van der Waals surface area contributed by atoms with E-state index in [-0.39, 0.29) is 17.5 Å². The van der Waals surface area contributed by atoms with Crippen molar-refractivity contribution in [2.45, 2.75) is 69.9 Å². The standard InChI is InChI=1S/C38H44ClN5O2/c39-31-14-10-27(11-15-31)25-36-34-8-1-2-9-35(34)38(46)44(41-36)33-7-4-20-42(21-18-33)24-19-40-37(45)30-13-12-28-16-22-43(32-5-3-6-32)23-17-29(28)26-30/h1-2,8-15,26,32-33H,3-7,16-25H2,(H,40,45). The maximum atomic E-state index is 13.6. The molecule has 0 radical (unpaired) electrons. The van der Waals surface area contributed by atoms with Gasteiger partial charge in [0.05, 0.1) is 17.1 Å². The molecule has 3 heterocycles. The predicted molar refractivity (Wildman–Crippen MR) is 185 cm³/mol. The van der Waals surface area contributed by atoms with Crippen molar-refractivity contribution in [3.8, 4) is 0 Å². The third-order valence-corrected chi connectivity index (χ3v) is 10.7. The van der Waals surface area contributed by atoms with Gasteiger partial charge in [-0.15, -0.1) is 0 Å². The lowest BCUT2D eigenvalue weighted by molar-refractivity contribution is 0.0948. The second-order valence-electron chi connectivity index (χ2n) is 13.3. The highest BCUT2D eigenvalue weighted by Gasteiger charge is 2.27. The molecule has 1 unspecified atom stereocenters. The first-order chi connectivity index (χ1) is 22.5. The van der Waals surface area contributed by atoms with Gasteiger partial charge in [-0.3, -0.25) is 14.5 Å². The van der Waals surface area contributed by atoms with E-state index in [1.54, 1.807) is 4.68 Å². The van der Waals surface area contributed by atoms with Crippen molar-refractivity contribution in [2.24, 2.45) is 0 Å². The first-order valence-electron chi connectivity index (χ1n) is 17.1. The Morgan fingerprint density at radius 3 is 2.37 bits per heavy atom. The summed E-state index contributed by atoms with van der Waals surface area (Å²) in [5.74, 6) is 0.00993. The van der Waals surface area contributed by atoms with Crippen LogP contribution in [0.4, 0.5) is 0 Å². The van der Waals surface area contributed by atoms with Crippen LogP contribution in [0.15, 0.2) is 71.5 Å². The number of hydrogen-bond donors (Lipinski definition) is 1. The summed E-state index contributed by atoms with van der Waals surface area (Å²) >= 11 is 6.12. The van der Waals surface area contributed by atoms with E-state index in [4.69, 9.17) is 16.7 Å². The number of nitrogens with one attached hydrogen (secondary N) is 1. The summed E-state index contributed by atoms with van der Waals surface area (Å²) in [4.78, 5) is 31.8. The highest BCUT2D eigenvalue weighted by molar-refractivity contribution is 6.30. The number of aromatic nitrogens is 2. The molecule has 2 fully saturated rings. The van der Waals surface area contributed by atoms with Crippen LogP contribution in [0.3, 0.4) is 0 Å². The molecule has 1 aromatic heterocycles. The van der Waals surface area contributed by atoms with Gasteiger partial charge in [-0.25, -0.2) is 4.68 Å². The zero-order valence-corrected chi connectivity index (χ0v) is 27.4. The van der Waals surface area contributed by atoms with Crippen LogP contribution < -0.4 is 10.9 Å². The minimum absolute atomic E-state index is 0.00993. The Morgan fingerprint density at radius 1 is 0.826 bits per heavy atom. The number of fused-ring (bicyclic) bond motifs is 2. The molecule has 7 rings (SSSR count). The Hall–Kier alpha value is -3.52. The first kappa shape index (κ1) is 31.1. The Labute approximate surface area is 276 Å². The molecule has 1 saturated heterocycles. The number of carbonyl (C=O) groups excluding carboxylic acids is 1. The van der Waals surface area contributed by atoms with E-state index in [1.807, 2.05) is 54.6 Å². The van der Waals surface area contributed by atoms with Crippen molar-refractivity contribution in [3.05, 3.63) is 110 Å². The van der Waals surface area contributed by atoms with Gasteiger partial charge in [0.25, 0.3) is 11.5 Å². The minimum atomic E-state index is -0.0160. The van der Waals surface area contributed by atoms with E-state index in [0.29, 0.717) is 18.0 Å². The monoisotopic (exact) mass is 637 g/mol. The summed E-state index contributed by atoms with van der Waals surface area (Å²) in [6.07, 6.45) is 9.52. The van der Waals surface area contributed by atoms with Crippen molar-refractivity contribution >= 4 is 28.3 Å². The van der Waals surface area contributed by atoms with E-state index in [1.165, 1.54) is 30.4 Å². The van der Waals surface area contributed by atoms with Crippen molar-refractivity contribution in [1.29, 1.82) is 0 Å². The lowest BCUT2D eigenvalue weighted by Crippen LogP contribution is -2.41. The molecule has 3 aromatic carbocycles. The molecular formula is C38H44ClN5O2. The molecule has 3 aliphatic rings. The molecule has 1 saturated carbocycles. The number of rotatable bonds is 8. The van der Waals surface area contributed by atoms with Crippen molar-refractivity contribution in [1.82, 2.24) is 24.9 Å². The molecular weight excluding hydrogens is 594 g/mol. The highest BCUT2D eigenvalue weighted by Crippen LogP contribution is 2.28. The van der Waals surface area contributed by atoms with E-state index < -0.39 is 0 Å². The zero-order valence-electron chi connectivity index (χ0n) is 26.6. The molecule has 1 aliphatic carbocycles. The second-order valence-corrected chi connectivity index (χ2v) is 13.8. The van der Waals surface area contributed by atoms with Gasteiger partial charge in [-0.05, 0) is 98.5 Å². The first-order valence-corrected chi connectivity index (χ1v) is 17.5. The average Bonchev–Trinajstić information content (AvgIpc) is 3.41. The summed E-state index contributed by atoms with van der Waals surface area (Å²) < 4.78 is 1.75. The number of halogens is 1. The Bertz CT molecular complexity index is 1750. The Kier molecular flexibility index (Phi) is 9.52. The quantitative estimate of drug-likeness (QED) is 0.255. The lowest BCUT2D eigenvalue weighted by atomic mass is 9.91. The largest absolute Gasteiger partial charge is 0.351 e. The zero-order chi connectivity index (χ0) is 31.5. The van der Waals surface area contributed by atoms with E-state index >= 15 is 0 Å². The topological polar surface area (TPSA) is 70.5 Å². The summed E-state index contributed by atoms with van der Waals surface area (Å²) in [6, 6.07) is 22.8. The number of carbonyl (C=O) groups is 1. The summed E-state index contributed by atoms with van der Waals surface area (Å²) in [5.41, 5.74) is 5.51. The highest BCUT2D eigenvalue weighted by atomic mass is 35.5. The normalized spacial score (nSPS) is 19.6. The molecule has 7 nitrogen and oxygen atoms in total. The van der Waals surface area contributed by atoms with Crippen LogP contribution in [0, 0.1) is 0 Å². The van der Waals surface area contributed by atoms with Gasteiger partial charge in [-0.2, -0.15) is 5.10 Å². The molecule has 240 valence electrons. The third-order valence-electron chi connectivity index (χ3n) is 10.4. The Balaban J connectivity index is 0.960. The number of amides is 1. The number of benzene rings is 3. The maximum absolute atomic E-state index is 13.6. The summed E-state index contributed by atoms with van der Waals surface area (Å²) in [5, 5.41) is 10.5. The van der Waals surface area contributed by atoms with Gasteiger partial charge in [0.15, 0.2) is 0 Å². The van der Waals surface area contributed by atoms with Gasteiger partial charge in [0.1, 0.15) is 0 Å². The lowest BCUT2D eigenvalue weighted by Gasteiger charge is -2.36. The van der Waals surface area contributed by atoms with Gasteiger partial charge < -0.3 is 10.2 Å². The number of nitrogens with zero attached hydrogens (tertiary/aromatic N) is 4. The second kappa shape index (κ2) is 14.1. The molecule has 2 aliphatic heterocycles. The third kappa shape index (κ3) is 6.92. The molecule has 4 aromatic rings. The van der Waals surface area contributed by atoms with Gasteiger partial charge >= 0.3 is 0 Å². The maximum Gasteiger partial charge on any atom is 0.274 e. The average molecular weight is 638 g/mol. The van der Waals surface area contributed by atoms with Gasteiger partial charge in [-0.1, -0.05) is 54.4 Å². The number of hydrogen-bond acceptors (Lipinski definition) is 5. The number of likely N-dealkylation sites (tertiary alicyclic amines) is 1. The van der Waals surface area contributed by atoms with E-state index in [2.05, 4.69) is 27.2 Å². The van der Waals surface area contributed by atoms with Crippen LogP contribution in [-0.2, 0) is 19.3 Å². The van der Waals surface area contributed by atoms with E-state index in [9.17, 15) is 9.59 Å². The SMILES string of the molecule is O=C(NCCN1CCCC(n2nc(Cc3ccc(Cl)cc3)c3ccccc3c2=O)CC1)c1ccc2c(c1)CCN(C1CCC1)CC2. The van der Waals surface area contributed by atoms with Crippen LogP contribution >= 0.6 is 11.6 Å². The molecule has 8 heteroatoms. The van der Waals surface area contributed by atoms with Crippen molar-refractivity contribution in [3.63, 3.8) is 0 Å². The van der Waals surface area contributed by atoms with Gasteiger partial charge in [0, 0.05) is 61.2 Å². The van der Waals surface area contributed by atoms with Crippen LogP contribution in [0.25, 0.3) is 10.8 Å². The van der Waals surface area contributed by atoms with Crippen LogP contribution in [0.1, 0.15) is 77.3 Å².